The molecular formula is C17H21NO4S2. The van der Waals surface area contributed by atoms with Gasteiger partial charge in [-0.05, 0) is 48.2 Å². The van der Waals surface area contributed by atoms with E-state index in [4.69, 9.17) is 9.84 Å². The maximum Gasteiger partial charge on any atom is 0.408 e. The molecule has 0 spiro atoms. The van der Waals surface area contributed by atoms with Crippen LogP contribution in [0.1, 0.15) is 25.1 Å². The summed E-state index contributed by atoms with van der Waals surface area (Å²) in [5.74, 6) is -0.883. The number of hydrogen-bond donors (Lipinski definition) is 2. The first kappa shape index (κ1) is 18.6. The smallest absolute Gasteiger partial charge is 0.408 e. The van der Waals surface area contributed by atoms with Crippen LogP contribution in [0.15, 0.2) is 29.2 Å². The number of thiophene rings is 1. The lowest BCUT2D eigenvalue weighted by Crippen LogP contribution is -2.41. The molecule has 130 valence electrons. The second kappa shape index (κ2) is 8.39. The van der Waals surface area contributed by atoms with E-state index < -0.39 is 18.1 Å². The van der Waals surface area contributed by atoms with Crippen LogP contribution in [0.25, 0.3) is 10.1 Å². The fraction of sp³-hybridized carbons (Fsp3) is 0.412. The van der Waals surface area contributed by atoms with E-state index >= 15 is 0 Å². The van der Waals surface area contributed by atoms with Crippen LogP contribution in [0, 0.1) is 5.92 Å². The van der Waals surface area contributed by atoms with Crippen molar-refractivity contribution in [1.82, 2.24) is 5.32 Å². The minimum Gasteiger partial charge on any atom is -0.480 e. The Bertz CT molecular complexity index is 726. The molecule has 0 unspecified atom stereocenters. The zero-order valence-corrected chi connectivity index (χ0v) is 15.5. The summed E-state index contributed by atoms with van der Waals surface area (Å²) in [6.45, 7) is 3.94. The van der Waals surface area contributed by atoms with E-state index in [-0.39, 0.29) is 12.5 Å². The van der Waals surface area contributed by atoms with Crippen molar-refractivity contribution in [1.29, 1.82) is 0 Å². The third-order valence-electron chi connectivity index (χ3n) is 3.42. The Hall–Kier alpha value is -1.73. The molecule has 7 heteroatoms. The minimum absolute atomic E-state index is 0.133. The second-order valence-corrected chi connectivity index (χ2v) is 7.91. The Morgan fingerprint density at radius 1 is 1.33 bits per heavy atom. The number of amides is 1. The molecule has 5 nitrogen and oxygen atoms in total. The molecule has 0 fully saturated rings. The van der Waals surface area contributed by atoms with Gasteiger partial charge in [0.1, 0.15) is 12.6 Å². The molecule has 0 bridgehead atoms. The summed E-state index contributed by atoms with van der Waals surface area (Å²) in [4.78, 5) is 25.1. The highest BCUT2D eigenvalue weighted by Gasteiger charge is 2.21. The third-order valence-corrected chi connectivity index (χ3v) is 5.23. The molecule has 0 aliphatic heterocycles. The number of benzene rings is 1. The number of fused-ring (bicyclic) bond motifs is 1. The van der Waals surface area contributed by atoms with E-state index in [1.54, 1.807) is 23.1 Å². The van der Waals surface area contributed by atoms with Crippen LogP contribution < -0.4 is 5.32 Å². The zero-order chi connectivity index (χ0) is 17.7. The van der Waals surface area contributed by atoms with E-state index in [0.29, 0.717) is 6.42 Å². The Kier molecular flexibility index (Phi) is 6.51. The first-order chi connectivity index (χ1) is 11.4. The molecule has 1 heterocycles. The quantitative estimate of drug-likeness (QED) is 0.712. The van der Waals surface area contributed by atoms with Gasteiger partial charge < -0.3 is 15.2 Å². The number of thioether (sulfide) groups is 1. The van der Waals surface area contributed by atoms with Crippen molar-refractivity contribution in [2.24, 2.45) is 5.92 Å². The van der Waals surface area contributed by atoms with Gasteiger partial charge in [0.05, 0.1) is 0 Å². The van der Waals surface area contributed by atoms with Crippen LogP contribution in [0.4, 0.5) is 4.79 Å². The topological polar surface area (TPSA) is 75.6 Å². The number of carbonyl (C=O) groups is 2. The lowest BCUT2D eigenvalue weighted by Gasteiger charge is -2.16. The largest absolute Gasteiger partial charge is 0.480 e. The molecule has 24 heavy (non-hydrogen) atoms. The van der Waals surface area contributed by atoms with Crippen molar-refractivity contribution in [3.8, 4) is 0 Å². The maximum atomic E-state index is 11.8. The van der Waals surface area contributed by atoms with E-state index in [2.05, 4.69) is 23.5 Å². The number of ether oxygens (including phenoxy) is 1. The van der Waals surface area contributed by atoms with E-state index in [1.807, 2.05) is 26.2 Å². The van der Waals surface area contributed by atoms with Crippen LogP contribution in [-0.4, -0.2) is 29.5 Å². The van der Waals surface area contributed by atoms with Crippen LogP contribution >= 0.6 is 23.1 Å². The number of carboxylic acid groups (broad SMARTS) is 1. The van der Waals surface area contributed by atoms with Gasteiger partial charge in [-0.2, -0.15) is 0 Å². The predicted molar refractivity (Wildman–Crippen MR) is 97.8 cm³/mol. The fourth-order valence-electron chi connectivity index (χ4n) is 2.29. The van der Waals surface area contributed by atoms with Gasteiger partial charge in [-0.15, -0.1) is 23.1 Å². The van der Waals surface area contributed by atoms with Crippen molar-refractivity contribution in [2.75, 3.05) is 6.26 Å². The molecule has 0 aliphatic rings. The SMILES string of the molecule is CSc1ccc2sc(COC(=O)N[C@@H](CC(C)C)C(=O)O)cc2c1. The summed E-state index contributed by atoms with van der Waals surface area (Å²) in [7, 11) is 0. The molecule has 2 N–H and O–H groups in total. The Labute approximate surface area is 149 Å². The van der Waals surface area contributed by atoms with E-state index in [0.717, 1.165) is 15.0 Å². The average Bonchev–Trinajstić information content (AvgIpc) is 2.93. The summed E-state index contributed by atoms with van der Waals surface area (Å²) in [6.07, 6.45) is 1.69. The summed E-state index contributed by atoms with van der Waals surface area (Å²) >= 11 is 3.24. The number of aliphatic carboxylic acids is 1. The van der Waals surface area contributed by atoms with Gasteiger partial charge in [0.15, 0.2) is 0 Å². The van der Waals surface area contributed by atoms with Gasteiger partial charge >= 0.3 is 12.1 Å². The fourth-order valence-corrected chi connectivity index (χ4v) is 3.69. The van der Waals surface area contributed by atoms with Crippen molar-refractivity contribution < 1.29 is 19.4 Å². The van der Waals surface area contributed by atoms with Crippen molar-refractivity contribution in [3.63, 3.8) is 0 Å². The molecule has 1 atom stereocenters. The monoisotopic (exact) mass is 367 g/mol. The van der Waals surface area contributed by atoms with Crippen LogP contribution in [-0.2, 0) is 16.1 Å². The number of alkyl carbamates (subject to hydrolysis) is 1. The Morgan fingerprint density at radius 3 is 2.71 bits per heavy atom. The van der Waals surface area contributed by atoms with Gasteiger partial charge in [-0.25, -0.2) is 9.59 Å². The maximum absolute atomic E-state index is 11.8. The summed E-state index contributed by atoms with van der Waals surface area (Å²) in [5, 5.41) is 12.7. The zero-order valence-electron chi connectivity index (χ0n) is 13.9. The van der Waals surface area contributed by atoms with Crippen LogP contribution in [0.2, 0.25) is 0 Å². The van der Waals surface area contributed by atoms with Gasteiger partial charge in [0, 0.05) is 14.5 Å². The van der Waals surface area contributed by atoms with Gasteiger partial charge in [0.25, 0.3) is 0 Å². The summed E-state index contributed by atoms with van der Waals surface area (Å²) in [5.41, 5.74) is 0. The van der Waals surface area contributed by atoms with E-state index in [1.165, 1.54) is 4.90 Å². The molecule has 1 aromatic carbocycles. The summed E-state index contributed by atoms with van der Waals surface area (Å²) < 4.78 is 6.30. The highest BCUT2D eigenvalue weighted by atomic mass is 32.2. The number of hydrogen-bond acceptors (Lipinski definition) is 5. The first-order valence-corrected chi connectivity index (χ1v) is 9.65. The Balaban J connectivity index is 1.94. The third kappa shape index (κ3) is 5.14. The molecule has 0 radical (unpaired) electrons. The van der Waals surface area contributed by atoms with Crippen molar-refractivity contribution in [2.45, 2.75) is 37.8 Å². The normalized spacial score (nSPS) is 12.3. The Morgan fingerprint density at radius 2 is 2.08 bits per heavy atom. The van der Waals surface area contributed by atoms with Crippen molar-refractivity contribution >= 4 is 45.2 Å². The van der Waals surface area contributed by atoms with Crippen LogP contribution in [0.5, 0.6) is 0 Å². The highest BCUT2D eigenvalue weighted by molar-refractivity contribution is 7.98. The lowest BCUT2D eigenvalue weighted by molar-refractivity contribution is -0.139. The first-order valence-electron chi connectivity index (χ1n) is 7.61. The highest BCUT2D eigenvalue weighted by Crippen LogP contribution is 2.29. The lowest BCUT2D eigenvalue weighted by atomic mass is 10.0. The van der Waals surface area contributed by atoms with Crippen LogP contribution in [0.3, 0.4) is 0 Å². The second-order valence-electron chi connectivity index (χ2n) is 5.86. The van der Waals surface area contributed by atoms with E-state index in [9.17, 15) is 9.59 Å². The minimum atomic E-state index is -1.05. The molecule has 0 saturated heterocycles. The molecule has 1 aromatic heterocycles. The average molecular weight is 367 g/mol. The molecule has 0 aliphatic carbocycles. The number of carboxylic acids is 1. The molecule has 2 aromatic rings. The molecule has 2 rings (SSSR count). The molecule has 1 amide bonds. The number of carbonyl (C=O) groups excluding carboxylic acids is 1. The van der Waals surface area contributed by atoms with Crippen molar-refractivity contribution in [3.05, 3.63) is 29.1 Å². The molecular weight excluding hydrogens is 346 g/mol. The van der Waals surface area contributed by atoms with Gasteiger partial charge in [0.2, 0.25) is 0 Å². The standard InChI is InChI=1S/C17H21NO4S2/c1-10(2)6-14(16(19)20)18-17(21)22-9-13-8-11-7-12(23-3)4-5-15(11)24-13/h4-5,7-8,10,14H,6,9H2,1-3H3,(H,18,21)(H,19,20)/t14-/m0/s1. The molecule has 0 saturated carbocycles. The number of nitrogens with one attached hydrogen (secondary N) is 1. The number of rotatable bonds is 7. The summed E-state index contributed by atoms with van der Waals surface area (Å²) in [6, 6.07) is 7.28. The van der Waals surface area contributed by atoms with Gasteiger partial charge in [-0.3, -0.25) is 0 Å². The van der Waals surface area contributed by atoms with Gasteiger partial charge in [-0.1, -0.05) is 13.8 Å². The predicted octanol–water partition coefficient (Wildman–Crippen LogP) is 4.35.